The molecule has 2 rings (SSSR count). The van der Waals surface area contributed by atoms with Crippen LogP contribution in [0, 0.1) is 6.92 Å². The minimum absolute atomic E-state index is 0.0103. The van der Waals surface area contributed by atoms with Crippen molar-refractivity contribution in [3.8, 4) is 0 Å². The molecule has 0 unspecified atom stereocenters. The molecule has 0 radical (unpaired) electrons. The number of hydrogen-bond donors (Lipinski definition) is 1. The first-order valence-electron chi connectivity index (χ1n) is 7.84. The van der Waals surface area contributed by atoms with Crippen LogP contribution in [0.5, 0.6) is 0 Å². The number of fused-ring (bicyclic) bond motifs is 1. The fraction of sp³-hybridized carbons (Fsp3) is 0.500. The maximum absolute atomic E-state index is 12.6. The highest BCUT2D eigenvalue weighted by atomic mass is 16.5. The van der Waals surface area contributed by atoms with Crippen molar-refractivity contribution in [1.29, 1.82) is 0 Å². The molecule has 0 saturated carbocycles. The Labute approximate surface area is 138 Å². The van der Waals surface area contributed by atoms with Crippen LogP contribution < -0.4 is 10.9 Å². The lowest BCUT2D eigenvalue weighted by Gasteiger charge is -2.12. The zero-order valence-corrected chi connectivity index (χ0v) is 14.2. The van der Waals surface area contributed by atoms with Crippen LogP contribution in [0.2, 0.25) is 0 Å². The predicted molar refractivity (Wildman–Crippen MR) is 86.9 cm³/mol. The molecule has 8 heteroatoms. The van der Waals surface area contributed by atoms with Crippen LogP contribution in [0.15, 0.2) is 15.5 Å². The van der Waals surface area contributed by atoms with Crippen molar-refractivity contribution in [2.45, 2.75) is 46.7 Å². The Hall–Kier alpha value is -2.64. The maximum atomic E-state index is 12.6. The average molecular weight is 335 g/mol. The number of hydrogen-bond acceptors (Lipinski definition) is 6. The molecule has 0 bridgehead atoms. The van der Waals surface area contributed by atoms with Crippen molar-refractivity contribution in [2.75, 3.05) is 6.61 Å². The van der Waals surface area contributed by atoms with E-state index in [0.29, 0.717) is 0 Å². The lowest BCUT2D eigenvalue weighted by atomic mass is 10.2. The van der Waals surface area contributed by atoms with Crippen molar-refractivity contribution < 1.29 is 18.7 Å². The highest BCUT2D eigenvalue weighted by molar-refractivity contribution is 6.03. The van der Waals surface area contributed by atoms with Gasteiger partial charge in [0.1, 0.15) is 29.6 Å². The molecule has 0 aliphatic rings. The molecule has 0 aromatic carbocycles. The lowest BCUT2D eigenvalue weighted by Crippen LogP contribution is -2.37. The molecule has 0 aliphatic carbocycles. The summed E-state index contributed by atoms with van der Waals surface area (Å²) in [6.45, 7) is 7.05. The van der Waals surface area contributed by atoms with E-state index >= 15 is 0 Å². The fourth-order valence-electron chi connectivity index (χ4n) is 2.28. The highest BCUT2D eigenvalue weighted by Gasteiger charge is 2.24. The molecule has 8 nitrogen and oxygen atoms in total. The molecule has 1 amide bonds. The maximum Gasteiger partial charge on any atom is 0.342 e. The molecule has 130 valence electrons. The molecule has 1 N–H and O–H groups in total. The summed E-state index contributed by atoms with van der Waals surface area (Å²) in [5.74, 6) is -0.685. The quantitative estimate of drug-likeness (QED) is 0.800. The van der Waals surface area contributed by atoms with Crippen LogP contribution in [0.1, 0.15) is 43.3 Å². The number of carbonyl (C=O) groups excluding carboxylic acids is 2. The number of aromatic nitrogens is 2. The van der Waals surface area contributed by atoms with Gasteiger partial charge in [0.2, 0.25) is 11.6 Å². The Bertz CT molecular complexity index is 821. The van der Waals surface area contributed by atoms with Gasteiger partial charge in [0.25, 0.3) is 5.56 Å². The second kappa shape index (κ2) is 7.29. The highest BCUT2D eigenvalue weighted by Crippen LogP contribution is 2.21. The molecule has 2 aromatic heterocycles. The standard InChI is InChI=1S/C16H21N3O5/c1-5-9(3)18-11(20)7-19-8-17-14-13(15(19)21)12(10(4)24-14)16(22)23-6-2/h8-9H,5-7H2,1-4H3,(H,18,20)/t9-/m1/s1. The van der Waals surface area contributed by atoms with Gasteiger partial charge in [-0.05, 0) is 27.2 Å². The number of esters is 1. The zero-order chi connectivity index (χ0) is 17.9. The zero-order valence-electron chi connectivity index (χ0n) is 14.2. The van der Waals surface area contributed by atoms with Gasteiger partial charge in [-0.25, -0.2) is 9.78 Å². The van der Waals surface area contributed by atoms with Gasteiger partial charge in [0.15, 0.2) is 0 Å². The smallest absolute Gasteiger partial charge is 0.342 e. The number of amides is 1. The van der Waals surface area contributed by atoms with E-state index in [2.05, 4.69) is 10.3 Å². The second-order valence-corrected chi connectivity index (χ2v) is 5.49. The van der Waals surface area contributed by atoms with Gasteiger partial charge < -0.3 is 14.5 Å². The molecule has 0 aliphatic heterocycles. The third-order valence-corrected chi connectivity index (χ3v) is 3.67. The molecular formula is C16H21N3O5. The summed E-state index contributed by atoms with van der Waals surface area (Å²) in [5.41, 5.74) is -0.403. The third kappa shape index (κ3) is 3.47. The van der Waals surface area contributed by atoms with Crippen molar-refractivity contribution in [2.24, 2.45) is 0 Å². The number of furan rings is 1. The Kier molecular flexibility index (Phi) is 5.38. The first-order chi connectivity index (χ1) is 11.4. The summed E-state index contributed by atoms with van der Waals surface area (Å²) in [4.78, 5) is 40.7. The third-order valence-electron chi connectivity index (χ3n) is 3.67. The largest absolute Gasteiger partial charge is 0.462 e. The summed E-state index contributed by atoms with van der Waals surface area (Å²) in [6, 6.07) is 0.0103. The van der Waals surface area contributed by atoms with Gasteiger partial charge in [-0.15, -0.1) is 0 Å². The molecular weight excluding hydrogens is 314 g/mol. The van der Waals surface area contributed by atoms with E-state index in [9.17, 15) is 14.4 Å². The summed E-state index contributed by atoms with van der Waals surface area (Å²) in [7, 11) is 0. The van der Waals surface area contributed by atoms with E-state index in [0.717, 1.165) is 11.0 Å². The van der Waals surface area contributed by atoms with Gasteiger partial charge in [0, 0.05) is 6.04 Å². The van der Waals surface area contributed by atoms with Crippen molar-refractivity contribution in [3.05, 3.63) is 28.0 Å². The van der Waals surface area contributed by atoms with Gasteiger partial charge >= 0.3 is 5.97 Å². The van der Waals surface area contributed by atoms with Gasteiger partial charge in [-0.1, -0.05) is 6.92 Å². The number of rotatable bonds is 6. The minimum atomic E-state index is -0.644. The molecule has 1 atom stereocenters. The summed E-state index contributed by atoms with van der Waals surface area (Å²) < 4.78 is 11.5. The first-order valence-corrected chi connectivity index (χ1v) is 7.84. The van der Waals surface area contributed by atoms with Gasteiger partial charge in [-0.2, -0.15) is 0 Å². The molecule has 24 heavy (non-hydrogen) atoms. The summed E-state index contributed by atoms with van der Waals surface area (Å²) in [5, 5.41) is 2.81. The topological polar surface area (TPSA) is 103 Å². The van der Waals surface area contributed by atoms with Crippen molar-refractivity contribution in [1.82, 2.24) is 14.9 Å². The molecule has 2 heterocycles. The van der Waals surface area contributed by atoms with Crippen LogP contribution in [-0.4, -0.2) is 34.1 Å². The van der Waals surface area contributed by atoms with Crippen LogP contribution in [0.4, 0.5) is 0 Å². The Morgan fingerprint density at radius 1 is 1.42 bits per heavy atom. The minimum Gasteiger partial charge on any atom is -0.462 e. The number of ether oxygens (including phenoxy) is 1. The Morgan fingerprint density at radius 2 is 2.12 bits per heavy atom. The number of nitrogens with one attached hydrogen (secondary N) is 1. The first kappa shape index (κ1) is 17.7. The van der Waals surface area contributed by atoms with Crippen LogP contribution in [0.25, 0.3) is 11.1 Å². The van der Waals surface area contributed by atoms with Gasteiger partial charge in [0.05, 0.1) is 6.61 Å². The van der Waals surface area contributed by atoms with E-state index in [1.165, 1.54) is 6.33 Å². The van der Waals surface area contributed by atoms with Crippen LogP contribution in [0.3, 0.4) is 0 Å². The van der Waals surface area contributed by atoms with E-state index in [1.54, 1.807) is 13.8 Å². The second-order valence-electron chi connectivity index (χ2n) is 5.49. The van der Waals surface area contributed by atoms with E-state index in [-0.39, 0.29) is 47.5 Å². The van der Waals surface area contributed by atoms with Crippen molar-refractivity contribution in [3.63, 3.8) is 0 Å². The number of aryl methyl sites for hydroxylation is 1. The van der Waals surface area contributed by atoms with E-state index in [1.807, 2.05) is 13.8 Å². The Balaban J connectivity index is 2.42. The molecule has 0 saturated heterocycles. The fourth-order valence-corrected chi connectivity index (χ4v) is 2.28. The average Bonchev–Trinajstić information content (AvgIpc) is 2.87. The summed E-state index contributed by atoms with van der Waals surface area (Å²) in [6.07, 6.45) is 2.02. The van der Waals surface area contributed by atoms with E-state index in [4.69, 9.17) is 9.15 Å². The van der Waals surface area contributed by atoms with Crippen LogP contribution >= 0.6 is 0 Å². The Morgan fingerprint density at radius 3 is 2.75 bits per heavy atom. The van der Waals surface area contributed by atoms with Crippen LogP contribution in [-0.2, 0) is 16.1 Å². The monoisotopic (exact) mass is 335 g/mol. The van der Waals surface area contributed by atoms with E-state index < -0.39 is 11.5 Å². The van der Waals surface area contributed by atoms with Gasteiger partial charge in [-0.3, -0.25) is 14.2 Å². The number of carbonyl (C=O) groups is 2. The molecule has 2 aromatic rings. The molecule has 0 fully saturated rings. The number of nitrogens with zero attached hydrogens (tertiary/aromatic N) is 2. The molecule has 0 spiro atoms. The SMILES string of the molecule is CCOC(=O)c1c(C)oc2ncn(CC(=O)N[C@H](C)CC)c(=O)c12. The summed E-state index contributed by atoms with van der Waals surface area (Å²) >= 11 is 0. The van der Waals surface area contributed by atoms with Crippen molar-refractivity contribution >= 4 is 23.0 Å². The lowest BCUT2D eigenvalue weighted by molar-refractivity contribution is -0.122. The normalized spacial score (nSPS) is 12.2. The predicted octanol–water partition coefficient (Wildman–Crippen LogP) is 1.39.